The minimum atomic E-state index is -0.534. The minimum Gasteiger partial charge on any atom is -0.333 e. The number of amides is 2. The fraction of sp³-hybridized carbons (Fsp3) is 0.191. The monoisotopic (exact) mass is 859 g/mol. The zero-order chi connectivity index (χ0) is 45.2. The van der Waals surface area contributed by atoms with Gasteiger partial charge in [0.25, 0.3) is 22.9 Å². The Bertz CT molecular complexity index is 3480. The summed E-state index contributed by atoms with van der Waals surface area (Å²) in [6, 6.07) is 30.2. The molecule has 0 saturated heterocycles. The third-order valence-corrected chi connectivity index (χ3v) is 11.5. The zero-order valence-corrected chi connectivity index (χ0v) is 35.4. The van der Waals surface area contributed by atoms with Gasteiger partial charge >= 0.3 is 11.4 Å². The van der Waals surface area contributed by atoms with Crippen LogP contribution in [0.4, 0.5) is 0 Å². The van der Waals surface area contributed by atoms with Gasteiger partial charge in [-0.05, 0) is 76.8 Å². The zero-order valence-electron chi connectivity index (χ0n) is 35.4. The van der Waals surface area contributed by atoms with Crippen molar-refractivity contribution >= 4 is 55.7 Å². The van der Waals surface area contributed by atoms with Crippen LogP contribution in [0.2, 0.25) is 0 Å². The third-order valence-electron chi connectivity index (χ3n) is 11.5. The molecule has 1 aliphatic rings. The normalized spacial score (nSPS) is 12.2. The van der Waals surface area contributed by atoms with E-state index in [9.17, 15) is 28.8 Å². The first-order valence-electron chi connectivity index (χ1n) is 20.7. The molecule has 0 unspecified atom stereocenters. The lowest BCUT2D eigenvalue weighted by atomic mass is 9.99. The highest BCUT2D eigenvalue weighted by molar-refractivity contribution is 6.21. The molecule has 17 nitrogen and oxygen atoms in total. The summed E-state index contributed by atoms with van der Waals surface area (Å²) in [4.78, 5) is 90.3. The maximum atomic E-state index is 12.9. The van der Waals surface area contributed by atoms with Crippen LogP contribution < -0.4 is 34.0 Å². The summed E-state index contributed by atoms with van der Waals surface area (Å²) >= 11 is 0. The smallest absolute Gasteiger partial charge is 0.330 e. The number of aromatic nitrogens is 8. The number of carbonyl (C=O) groups excluding carboxylic acids is 2. The molecule has 0 atom stereocenters. The van der Waals surface area contributed by atoms with Crippen LogP contribution in [-0.4, -0.2) is 62.0 Å². The van der Waals surface area contributed by atoms with E-state index in [0.717, 1.165) is 43.8 Å². The molecule has 4 aromatic heterocycles. The van der Waals surface area contributed by atoms with E-state index in [2.05, 4.69) is 25.7 Å². The molecule has 0 saturated carbocycles. The van der Waals surface area contributed by atoms with E-state index in [1.54, 1.807) is 46.1 Å². The molecule has 17 heteroatoms. The second-order valence-corrected chi connectivity index (χ2v) is 14.9. The summed E-state index contributed by atoms with van der Waals surface area (Å²) in [5, 5.41) is 3.86. The van der Waals surface area contributed by atoms with Gasteiger partial charge in [-0.25, -0.2) is 19.6 Å². The van der Waals surface area contributed by atoms with E-state index in [0.29, 0.717) is 59.6 Å². The number of aromatic amines is 2. The second kappa shape index (κ2) is 17.8. The van der Waals surface area contributed by atoms with Gasteiger partial charge in [-0.3, -0.25) is 43.2 Å². The number of imide groups is 1. The van der Waals surface area contributed by atoms with Gasteiger partial charge in [0.05, 0.1) is 43.4 Å². The molecule has 0 bridgehead atoms. The molecule has 10 rings (SSSR count). The summed E-state index contributed by atoms with van der Waals surface area (Å²) in [6.07, 6.45) is 3.14. The number of benzene rings is 5. The molecule has 9 aromatic rings. The Morgan fingerprint density at radius 2 is 0.859 bits per heavy atom. The van der Waals surface area contributed by atoms with E-state index in [4.69, 9.17) is 5.73 Å². The van der Waals surface area contributed by atoms with Gasteiger partial charge in [0.1, 0.15) is 0 Å². The predicted molar refractivity (Wildman–Crippen MR) is 245 cm³/mol. The van der Waals surface area contributed by atoms with Gasteiger partial charge in [-0.15, -0.1) is 0 Å². The summed E-state index contributed by atoms with van der Waals surface area (Å²) in [5.74, 6) is -0.616. The lowest BCUT2D eigenvalue weighted by Gasteiger charge is -2.17. The SMILES string of the molecule is CCn1cnc2c1c(=O)[nH]c(=O)n2Cc1ccc(CN)c2ccccc12.CCn1cnc2c1c(=O)[nH]c(=O)n2Cc1ccc(CN2C(=O)c3ccccc3C2=O)c2ccccc12.CN. The molecule has 1 aliphatic heterocycles. The number of imidazole rings is 2. The Morgan fingerprint density at radius 1 is 0.500 bits per heavy atom. The second-order valence-electron chi connectivity index (χ2n) is 14.9. The lowest BCUT2D eigenvalue weighted by molar-refractivity contribution is 0.0643. The van der Waals surface area contributed by atoms with Gasteiger partial charge in [0.2, 0.25) is 0 Å². The largest absolute Gasteiger partial charge is 0.333 e. The molecular formula is C47H45N11O6. The number of carbonyl (C=O) groups is 2. The number of H-pyrrole nitrogens is 2. The average molecular weight is 860 g/mol. The van der Waals surface area contributed by atoms with Crippen molar-refractivity contribution in [1.29, 1.82) is 0 Å². The number of aryl methyl sites for hydroxylation is 2. The standard InChI is InChI=1S/C27H21N5O4.C19H19N5O2.CH5N/c1-2-30-15-28-23-22(30)24(33)29-27(36)31(23)13-16-11-12-17(19-8-4-3-7-18(16)19)14-32-25(34)20-9-5-6-10-21(20)26(32)35;1-2-23-11-21-17-16(23)18(25)22-19(26)24(17)10-13-8-7-12(9-20)14-5-3-4-6-15(13)14;1-2/h3-12,15H,2,13-14H2,1H3,(H,29,33,36);3-8,11H,2,9-10,20H2,1H3,(H,22,25,26);2H2,1H3. The maximum Gasteiger partial charge on any atom is 0.330 e. The molecule has 2 amide bonds. The Hall–Kier alpha value is -8.02. The Labute approximate surface area is 363 Å². The summed E-state index contributed by atoms with van der Waals surface area (Å²) < 4.78 is 6.40. The van der Waals surface area contributed by atoms with Crippen molar-refractivity contribution in [1.82, 2.24) is 43.1 Å². The molecule has 0 radical (unpaired) electrons. The van der Waals surface area contributed by atoms with Crippen molar-refractivity contribution in [3.63, 3.8) is 0 Å². The maximum absolute atomic E-state index is 12.9. The first kappa shape index (κ1) is 42.7. The molecule has 0 fully saturated rings. The number of nitrogens with one attached hydrogen (secondary N) is 2. The average Bonchev–Trinajstić information content (AvgIpc) is 4.03. The van der Waals surface area contributed by atoms with Crippen molar-refractivity contribution in [2.75, 3.05) is 7.05 Å². The quantitative estimate of drug-likeness (QED) is 0.152. The van der Waals surface area contributed by atoms with Crippen LogP contribution in [0.15, 0.2) is 129 Å². The van der Waals surface area contributed by atoms with Crippen molar-refractivity contribution in [2.24, 2.45) is 11.5 Å². The van der Waals surface area contributed by atoms with Crippen molar-refractivity contribution < 1.29 is 9.59 Å². The fourth-order valence-corrected chi connectivity index (χ4v) is 8.35. The first-order valence-corrected chi connectivity index (χ1v) is 20.7. The fourth-order valence-electron chi connectivity index (χ4n) is 8.35. The van der Waals surface area contributed by atoms with Gasteiger partial charge in [-0.1, -0.05) is 84.9 Å². The summed E-state index contributed by atoms with van der Waals surface area (Å²) in [7, 11) is 1.50. The van der Waals surface area contributed by atoms with Crippen molar-refractivity contribution in [3.8, 4) is 0 Å². The summed E-state index contributed by atoms with van der Waals surface area (Å²) in [5.41, 5.74) is 14.5. The van der Waals surface area contributed by atoms with Gasteiger partial charge < -0.3 is 20.6 Å². The molecule has 64 heavy (non-hydrogen) atoms. The Balaban J connectivity index is 0.000000177. The van der Waals surface area contributed by atoms with Gasteiger partial charge in [-0.2, -0.15) is 0 Å². The van der Waals surface area contributed by atoms with E-state index >= 15 is 0 Å². The molecule has 5 aromatic carbocycles. The third kappa shape index (κ3) is 7.41. The molecule has 6 N–H and O–H groups in total. The first-order chi connectivity index (χ1) is 31.1. The predicted octanol–water partition coefficient (Wildman–Crippen LogP) is 4.05. The van der Waals surface area contributed by atoms with Gasteiger partial charge in [0.15, 0.2) is 22.3 Å². The molecule has 0 spiro atoms. The number of nitrogens with two attached hydrogens (primary N) is 2. The lowest BCUT2D eigenvalue weighted by Crippen LogP contribution is -2.31. The number of rotatable bonds is 9. The van der Waals surface area contributed by atoms with Crippen LogP contribution in [0.5, 0.6) is 0 Å². The van der Waals surface area contributed by atoms with Crippen LogP contribution in [0.3, 0.4) is 0 Å². The molecule has 5 heterocycles. The highest BCUT2D eigenvalue weighted by Crippen LogP contribution is 2.29. The van der Waals surface area contributed by atoms with Crippen LogP contribution in [0.1, 0.15) is 56.8 Å². The molecular weight excluding hydrogens is 815 g/mol. The summed E-state index contributed by atoms with van der Waals surface area (Å²) in [6.45, 7) is 6.07. The molecule has 324 valence electrons. The van der Waals surface area contributed by atoms with Crippen molar-refractivity contribution in [2.45, 2.75) is 53.1 Å². The van der Waals surface area contributed by atoms with E-state index in [1.165, 1.54) is 21.1 Å². The van der Waals surface area contributed by atoms with E-state index in [-0.39, 0.29) is 24.9 Å². The number of hydrogen-bond donors (Lipinski definition) is 4. The Kier molecular flexibility index (Phi) is 11.8. The van der Waals surface area contributed by atoms with Crippen molar-refractivity contribution in [3.05, 3.63) is 185 Å². The Morgan fingerprint density at radius 3 is 1.25 bits per heavy atom. The van der Waals surface area contributed by atoms with Crippen LogP contribution >= 0.6 is 0 Å². The van der Waals surface area contributed by atoms with Crippen LogP contribution in [0.25, 0.3) is 43.9 Å². The van der Waals surface area contributed by atoms with E-state index < -0.39 is 22.5 Å². The number of nitrogens with zero attached hydrogens (tertiary/aromatic N) is 7. The molecule has 0 aliphatic carbocycles. The number of fused-ring (bicyclic) bond motifs is 5. The highest BCUT2D eigenvalue weighted by Gasteiger charge is 2.35. The minimum absolute atomic E-state index is 0.136. The highest BCUT2D eigenvalue weighted by atomic mass is 16.2. The topological polar surface area (TPSA) is 235 Å². The van der Waals surface area contributed by atoms with Crippen LogP contribution in [0, 0.1) is 0 Å². The van der Waals surface area contributed by atoms with E-state index in [1.807, 2.05) is 86.6 Å². The van der Waals surface area contributed by atoms with Crippen LogP contribution in [-0.2, 0) is 39.3 Å². The van der Waals surface area contributed by atoms with Gasteiger partial charge in [0, 0.05) is 19.6 Å². The number of hydrogen-bond acceptors (Lipinski definition) is 10.